The molecule has 1 heterocycles. The summed E-state index contributed by atoms with van der Waals surface area (Å²) in [6, 6.07) is 7.82. The third-order valence-electron chi connectivity index (χ3n) is 2.45. The fraction of sp³-hybridized carbons (Fsp3) is 0.231. The monoisotopic (exact) mass is 295 g/mol. The number of hydrogen-bond acceptors (Lipinski definition) is 3. The molecule has 0 atom stereocenters. The lowest BCUT2D eigenvalue weighted by molar-refractivity contribution is 0.268. The SMILES string of the molecule is Cc1cc(Br)ccc1OCc1cc(CN)co1. The molecule has 0 radical (unpaired) electrons. The van der Waals surface area contributed by atoms with E-state index in [2.05, 4.69) is 15.9 Å². The Morgan fingerprint density at radius 2 is 2.18 bits per heavy atom. The molecule has 0 aliphatic carbocycles. The summed E-state index contributed by atoms with van der Waals surface area (Å²) < 4.78 is 12.1. The molecule has 2 aromatic rings. The van der Waals surface area contributed by atoms with Gasteiger partial charge in [-0.15, -0.1) is 0 Å². The first-order valence-electron chi connectivity index (χ1n) is 5.34. The molecular weight excluding hydrogens is 282 g/mol. The van der Waals surface area contributed by atoms with E-state index in [-0.39, 0.29) is 0 Å². The Morgan fingerprint density at radius 1 is 1.35 bits per heavy atom. The van der Waals surface area contributed by atoms with E-state index in [4.69, 9.17) is 14.9 Å². The van der Waals surface area contributed by atoms with Crippen LogP contribution >= 0.6 is 15.9 Å². The molecule has 0 aliphatic rings. The third kappa shape index (κ3) is 3.11. The summed E-state index contributed by atoms with van der Waals surface area (Å²) in [4.78, 5) is 0. The lowest BCUT2D eigenvalue weighted by atomic mass is 10.2. The van der Waals surface area contributed by atoms with Gasteiger partial charge in [-0.1, -0.05) is 15.9 Å². The van der Waals surface area contributed by atoms with Gasteiger partial charge in [-0.3, -0.25) is 0 Å². The summed E-state index contributed by atoms with van der Waals surface area (Å²) in [5.41, 5.74) is 7.58. The second-order valence-corrected chi connectivity index (χ2v) is 4.74. The van der Waals surface area contributed by atoms with Crippen LogP contribution in [0.3, 0.4) is 0 Å². The van der Waals surface area contributed by atoms with Gasteiger partial charge in [-0.25, -0.2) is 0 Å². The van der Waals surface area contributed by atoms with Crippen molar-refractivity contribution < 1.29 is 9.15 Å². The zero-order chi connectivity index (χ0) is 12.3. The highest BCUT2D eigenvalue weighted by Gasteiger charge is 2.04. The minimum Gasteiger partial charge on any atom is -0.485 e. The number of rotatable bonds is 4. The van der Waals surface area contributed by atoms with Crippen LogP contribution in [0, 0.1) is 6.92 Å². The van der Waals surface area contributed by atoms with Crippen molar-refractivity contribution in [3.05, 3.63) is 51.9 Å². The van der Waals surface area contributed by atoms with Crippen molar-refractivity contribution in [2.75, 3.05) is 0 Å². The van der Waals surface area contributed by atoms with E-state index >= 15 is 0 Å². The molecule has 17 heavy (non-hydrogen) atoms. The molecule has 0 fully saturated rings. The minimum absolute atomic E-state index is 0.419. The third-order valence-corrected chi connectivity index (χ3v) is 2.94. The van der Waals surface area contributed by atoms with E-state index in [1.807, 2.05) is 31.2 Å². The van der Waals surface area contributed by atoms with Crippen LogP contribution < -0.4 is 10.5 Å². The van der Waals surface area contributed by atoms with E-state index in [1.165, 1.54) is 0 Å². The van der Waals surface area contributed by atoms with Gasteiger partial charge in [0.05, 0.1) is 6.26 Å². The van der Waals surface area contributed by atoms with E-state index in [0.717, 1.165) is 27.1 Å². The Morgan fingerprint density at radius 3 is 2.82 bits per heavy atom. The van der Waals surface area contributed by atoms with Gasteiger partial charge in [-0.2, -0.15) is 0 Å². The second-order valence-electron chi connectivity index (χ2n) is 3.82. The van der Waals surface area contributed by atoms with Crippen molar-refractivity contribution in [2.45, 2.75) is 20.1 Å². The predicted octanol–water partition coefficient (Wildman–Crippen LogP) is 3.39. The maximum absolute atomic E-state index is 5.68. The smallest absolute Gasteiger partial charge is 0.146 e. The van der Waals surface area contributed by atoms with Crippen molar-refractivity contribution >= 4 is 15.9 Å². The fourth-order valence-electron chi connectivity index (χ4n) is 1.53. The summed E-state index contributed by atoms with van der Waals surface area (Å²) in [6.45, 7) is 2.91. The zero-order valence-electron chi connectivity index (χ0n) is 9.57. The standard InChI is InChI=1S/C13H14BrNO2/c1-9-4-11(14)2-3-13(9)17-8-12-5-10(6-15)7-16-12/h2-5,7H,6,8,15H2,1H3. The Balaban J connectivity index is 2.02. The first-order valence-corrected chi connectivity index (χ1v) is 6.13. The summed E-state index contributed by atoms with van der Waals surface area (Å²) in [6.07, 6.45) is 1.66. The lowest BCUT2D eigenvalue weighted by Crippen LogP contribution is -1.96. The molecule has 4 heteroatoms. The van der Waals surface area contributed by atoms with Gasteiger partial charge in [0, 0.05) is 16.6 Å². The average molecular weight is 296 g/mol. The Labute approximate surface area is 109 Å². The molecule has 1 aromatic carbocycles. The van der Waals surface area contributed by atoms with Crippen molar-refractivity contribution in [2.24, 2.45) is 5.73 Å². The Bertz CT molecular complexity index is 508. The van der Waals surface area contributed by atoms with Crippen molar-refractivity contribution in [1.29, 1.82) is 0 Å². The zero-order valence-corrected chi connectivity index (χ0v) is 11.2. The fourth-order valence-corrected chi connectivity index (χ4v) is 2.01. The van der Waals surface area contributed by atoms with Crippen LogP contribution in [0.5, 0.6) is 5.75 Å². The van der Waals surface area contributed by atoms with Gasteiger partial charge < -0.3 is 14.9 Å². The van der Waals surface area contributed by atoms with E-state index in [9.17, 15) is 0 Å². The number of nitrogens with two attached hydrogens (primary N) is 1. The van der Waals surface area contributed by atoms with Crippen LogP contribution in [-0.2, 0) is 13.2 Å². The first kappa shape index (κ1) is 12.2. The summed E-state index contributed by atoms with van der Waals surface area (Å²) >= 11 is 3.42. The maximum atomic E-state index is 5.68. The lowest BCUT2D eigenvalue weighted by Gasteiger charge is -2.07. The number of aryl methyl sites for hydroxylation is 1. The highest BCUT2D eigenvalue weighted by Crippen LogP contribution is 2.23. The molecule has 2 rings (SSSR count). The normalized spacial score (nSPS) is 10.5. The highest BCUT2D eigenvalue weighted by atomic mass is 79.9. The first-order chi connectivity index (χ1) is 8.19. The second kappa shape index (κ2) is 5.38. The van der Waals surface area contributed by atoms with E-state index < -0.39 is 0 Å². The van der Waals surface area contributed by atoms with Gasteiger partial charge in [0.2, 0.25) is 0 Å². The largest absolute Gasteiger partial charge is 0.485 e. The minimum atomic E-state index is 0.419. The van der Waals surface area contributed by atoms with Crippen molar-refractivity contribution in [3.63, 3.8) is 0 Å². The molecule has 2 N–H and O–H groups in total. The van der Waals surface area contributed by atoms with Gasteiger partial charge in [0.15, 0.2) is 0 Å². The molecule has 0 spiro atoms. The van der Waals surface area contributed by atoms with Crippen LogP contribution in [0.1, 0.15) is 16.9 Å². The van der Waals surface area contributed by atoms with Crippen LogP contribution in [0.4, 0.5) is 0 Å². The number of benzene rings is 1. The van der Waals surface area contributed by atoms with Crippen LogP contribution in [0.25, 0.3) is 0 Å². The molecular formula is C13H14BrNO2. The quantitative estimate of drug-likeness (QED) is 0.940. The number of halogens is 1. The van der Waals surface area contributed by atoms with Gasteiger partial charge >= 0.3 is 0 Å². The van der Waals surface area contributed by atoms with Crippen LogP contribution in [0.15, 0.2) is 39.4 Å². The molecule has 0 bridgehead atoms. The number of hydrogen-bond donors (Lipinski definition) is 1. The predicted molar refractivity (Wildman–Crippen MR) is 69.8 cm³/mol. The topological polar surface area (TPSA) is 48.4 Å². The molecule has 3 nitrogen and oxygen atoms in total. The summed E-state index contributed by atoms with van der Waals surface area (Å²) in [7, 11) is 0. The van der Waals surface area contributed by atoms with E-state index in [1.54, 1.807) is 6.26 Å². The van der Waals surface area contributed by atoms with E-state index in [0.29, 0.717) is 13.2 Å². The van der Waals surface area contributed by atoms with Crippen LogP contribution in [-0.4, -0.2) is 0 Å². The molecule has 0 aliphatic heterocycles. The number of furan rings is 1. The molecule has 0 unspecified atom stereocenters. The Hall–Kier alpha value is -1.26. The van der Waals surface area contributed by atoms with Gasteiger partial charge in [0.25, 0.3) is 0 Å². The summed E-state index contributed by atoms with van der Waals surface area (Å²) in [5.74, 6) is 1.65. The maximum Gasteiger partial charge on any atom is 0.146 e. The van der Waals surface area contributed by atoms with Crippen molar-refractivity contribution in [1.82, 2.24) is 0 Å². The molecule has 0 saturated heterocycles. The summed E-state index contributed by atoms with van der Waals surface area (Å²) in [5, 5.41) is 0. The molecule has 1 aromatic heterocycles. The van der Waals surface area contributed by atoms with Gasteiger partial charge in [0.1, 0.15) is 18.1 Å². The van der Waals surface area contributed by atoms with Crippen molar-refractivity contribution in [3.8, 4) is 5.75 Å². The van der Waals surface area contributed by atoms with Gasteiger partial charge in [-0.05, 0) is 36.8 Å². The molecule has 0 saturated carbocycles. The molecule has 0 amide bonds. The molecule has 90 valence electrons. The highest BCUT2D eigenvalue weighted by molar-refractivity contribution is 9.10. The average Bonchev–Trinajstić information content (AvgIpc) is 2.76. The Kier molecular flexibility index (Phi) is 3.86. The van der Waals surface area contributed by atoms with Crippen LogP contribution in [0.2, 0.25) is 0 Å². The number of ether oxygens (including phenoxy) is 1.